The topological polar surface area (TPSA) is 90.5 Å². The second-order valence-corrected chi connectivity index (χ2v) is 5.63. The highest BCUT2D eigenvalue weighted by molar-refractivity contribution is 5.99. The highest BCUT2D eigenvalue weighted by Crippen LogP contribution is 2.18. The molecule has 0 saturated heterocycles. The SMILES string of the molecule is CC(=O)c1c[nH]c(C(=O)N(CCC(=O)O)C(C)(C)C)c1. The van der Waals surface area contributed by atoms with Gasteiger partial charge in [0.2, 0.25) is 0 Å². The first-order valence-corrected chi connectivity index (χ1v) is 6.36. The summed E-state index contributed by atoms with van der Waals surface area (Å²) >= 11 is 0. The number of nitrogens with zero attached hydrogens (tertiary/aromatic N) is 1. The number of H-pyrrole nitrogens is 1. The predicted molar refractivity (Wildman–Crippen MR) is 73.8 cm³/mol. The molecule has 0 aromatic carbocycles. The molecule has 1 aromatic rings. The minimum atomic E-state index is -0.956. The zero-order valence-electron chi connectivity index (χ0n) is 12.2. The van der Waals surface area contributed by atoms with Crippen molar-refractivity contribution in [1.82, 2.24) is 9.88 Å². The number of carbonyl (C=O) groups excluding carboxylic acids is 2. The molecule has 20 heavy (non-hydrogen) atoms. The Morgan fingerprint density at radius 2 is 1.90 bits per heavy atom. The van der Waals surface area contributed by atoms with Crippen molar-refractivity contribution in [3.8, 4) is 0 Å². The molecule has 0 fully saturated rings. The average molecular weight is 280 g/mol. The van der Waals surface area contributed by atoms with Crippen LogP contribution in [0, 0.1) is 0 Å². The maximum Gasteiger partial charge on any atom is 0.305 e. The summed E-state index contributed by atoms with van der Waals surface area (Å²) in [5.74, 6) is -1.40. The lowest BCUT2D eigenvalue weighted by molar-refractivity contribution is -0.137. The van der Waals surface area contributed by atoms with Crippen LogP contribution in [0.1, 0.15) is 55.0 Å². The molecule has 0 aliphatic heterocycles. The summed E-state index contributed by atoms with van der Waals surface area (Å²) in [6.07, 6.45) is 1.36. The third-order valence-corrected chi connectivity index (χ3v) is 2.92. The zero-order valence-corrected chi connectivity index (χ0v) is 12.2. The molecule has 1 heterocycles. The molecule has 0 aliphatic rings. The maximum atomic E-state index is 12.4. The fraction of sp³-hybridized carbons (Fsp3) is 0.500. The smallest absolute Gasteiger partial charge is 0.305 e. The van der Waals surface area contributed by atoms with Gasteiger partial charge in [-0.1, -0.05) is 0 Å². The van der Waals surface area contributed by atoms with E-state index in [9.17, 15) is 14.4 Å². The van der Waals surface area contributed by atoms with E-state index in [4.69, 9.17) is 5.11 Å². The lowest BCUT2D eigenvalue weighted by Gasteiger charge is -2.35. The summed E-state index contributed by atoms with van der Waals surface area (Å²) in [6, 6.07) is 1.49. The van der Waals surface area contributed by atoms with Crippen molar-refractivity contribution in [3.05, 3.63) is 23.5 Å². The summed E-state index contributed by atoms with van der Waals surface area (Å²) in [4.78, 5) is 38.6. The number of aliphatic carboxylic acids is 1. The van der Waals surface area contributed by atoms with Crippen LogP contribution in [-0.4, -0.2) is 44.7 Å². The Morgan fingerprint density at radius 3 is 2.30 bits per heavy atom. The van der Waals surface area contributed by atoms with Crippen molar-refractivity contribution >= 4 is 17.7 Å². The number of carboxylic acids is 1. The number of aromatic nitrogens is 1. The molecular weight excluding hydrogens is 260 g/mol. The number of Topliss-reactive ketones (excluding diaryl/α,β-unsaturated/α-hetero) is 1. The predicted octanol–water partition coefficient (Wildman–Crippen LogP) is 1.93. The van der Waals surface area contributed by atoms with Gasteiger partial charge in [-0.25, -0.2) is 0 Å². The molecule has 0 atom stereocenters. The second-order valence-electron chi connectivity index (χ2n) is 5.63. The molecule has 1 aromatic heterocycles. The number of carboxylic acid groups (broad SMARTS) is 1. The zero-order chi connectivity index (χ0) is 15.5. The third-order valence-electron chi connectivity index (χ3n) is 2.92. The van der Waals surface area contributed by atoms with Crippen LogP contribution in [0.2, 0.25) is 0 Å². The van der Waals surface area contributed by atoms with E-state index in [1.54, 1.807) is 0 Å². The van der Waals surface area contributed by atoms with Crippen molar-refractivity contribution in [1.29, 1.82) is 0 Å². The van der Waals surface area contributed by atoms with E-state index in [1.165, 1.54) is 24.1 Å². The lowest BCUT2D eigenvalue weighted by atomic mass is 10.0. The van der Waals surface area contributed by atoms with E-state index in [2.05, 4.69) is 4.98 Å². The number of carbonyl (C=O) groups is 3. The van der Waals surface area contributed by atoms with Crippen LogP contribution in [0.4, 0.5) is 0 Å². The van der Waals surface area contributed by atoms with Crippen LogP contribution < -0.4 is 0 Å². The summed E-state index contributed by atoms with van der Waals surface area (Å²) in [6.45, 7) is 7.04. The first-order valence-electron chi connectivity index (χ1n) is 6.36. The van der Waals surface area contributed by atoms with E-state index < -0.39 is 11.5 Å². The number of nitrogens with one attached hydrogen (secondary N) is 1. The van der Waals surface area contributed by atoms with Crippen LogP contribution >= 0.6 is 0 Å². The summed E-state index contributed by atoms with van der Waals surface area (Å²) in [5, 5.41) is 8.77. The van der Waals surface area contributed by atoms with Crippen molar-refractivity contribution in [2.75, 3.05) is 6.54 Å². The van der Waals surface area contributed by atoms with Gasteiger partial charge in [0.1, 0.15) is 5.69 Å². The van der Waals surface area contributed by atoms with E-state index in [1.807, 2.05) is 20.8 Å². The number of rotatable bonds is 5. The van der Waals surface area contributed by atoms with Crippen LogP contribution in [0.5, 0.6) is 0 Å². The largest absolute Gasteiger partial charge is 0.481 e. The Bertz CT molecular complexity index is 526. The molecule has 6 nitrogen and oxygen atoms in total. The first kappa shape index (κ1) is 15.9. The van der Waals surface area contributed by atoms with Gasteiger partial charge in [0, 0.05) is 23.8 Å². The number of hydrogen-bond acceptors (Lipinski definition) is 3. The quantitative estimate of drug-likeness (QED) is 0.806. The molecule has 6 heteroatoms. The fourth-order valence-corrected chi connectivity index (χ4v) is 1.82. The molecule has 1 rings (SSSR count). The Balaban J connectivity index is 2.97. The van der Waals surface area contributed by atoms with Crippen molar-refractivity contribution in [3.63, 3.8) is 0 Å². The van der Waals surface area contributed by atoms with Crippen molar-refractivity contribution in [2.24, 2.45) is 0 Å². The molecule has 0 saturated carbocycles. The van der Waals surface area contributed by atoms with E-state index in [0.29, 0.717) is 5.56 Å². The van der Waals surface area contributed by atoms with Gasteiger partial charge in [-0.05, 0) is 33.8 Å². The fourth-order valence-electron chi connectivity index (χ4n) is 1.82. The molecule has 1 amide bonds. The van der Waals surface area contributed by atoms with Crippen LogP contribution in [0.3, 0.4) is 0 Å². The minimum Gasteiger partial charge on any atom is -0.481 e. The van der Waals surface area contributed by atoms with E-state index >= 15 is 0 Å². The molecule has 0 spiro atoms. The molecule has 0 radical (unpaired) electrons. The van der Waals surface area contributed by atoms with Crippen molar-refractivity contribution < 1.29 is 19.5 Å². The monoisotopic (exact) mass is 280 g/mol. The number of ketones is 1. The summed E-state index contributed by atoms with van der Waals surface area (Å²) in [5.41, 5.74) is 0.213. The molecule has 110 valence electrons. The van der Waals surface area contributed by atoms with Crippen LogP contribution in [0.15, 0.2) is 12.3 Å². The molecule has 0 aliphatic carbocycles. The van der Waals surface area contributed by atoms with E-state index in [0.717, 1.165) is 0 Å². The normalized spacial score (nSPS) is 11.2. The number of amides is 1. The molecule has 0 bridgehead atoms. The average Bonchev–Trinajstić information content (AvgIpc) is 2.75. The van der Waals surface area contributed by atoms with E-state index in [-0.39, 0.29) is 30.3 Å². The molecule has 0 unspecified atom stereocenters. The molecular formula is C14H20N2O4. The second kappa shape index (κ2) is 5.90. The van der Waals surface area contributed by atoms with Gasteiger partial charge in [-0.15, -0.1) is 0 Å². The van der Waals surface area contributed by atoms with Crippen LogP contribution in [0.25, 0.3) is 0 Å². The van der Waals surface area contributed by atoms with Gasteiger partial charge >= 0.3 is 5.97 Å². The maximum absolute atomic E-state index is 12.4. The van der Waals surface area contributed by atoms with Gasteiger partial charge in [0.05, 0.1) is 6.42 Å². The van der Waals surface area contributed by atoms with Crippen LogP contribution in [-0.2, 0) is 4.79 Å². The Morgan fingerprint density at radius 1 is 1.30 bits per heavy atom. The Kier molecular flexibility index (Phi) is 4.70. The lowest BCUT2D eigenvalue weighted by Crippen LogP contribution is -2.46. The summed E-state index contributed by atoms with van der Waals surface area (Å²) < 4.78 is 0. The van der Waals surface area contributed by atoms with Gasteiger partial charge in [0.25, 0.3) is 5.91 Å². The van der Waals surface area contributed by atoms with Gasteiger partial charge in [0.15, 0.2) is 5.78 Å². The highest BCUT2D eigenvalue weighted by Gasteiger charge is 2.28. The molecule has 2 N–H and O–H groups in total. The third kappa shape index (κ3) is 3.94. The first-order chi connectivity index (χ1) is 9.12. The van der Waals surface area contributed by atoms with Gasteiger partial charge in [-0.2, -0.15) is 0 Å². The van der Waals surface area contributed by atoms with Gasteiger partial charge < -0.3 is 15.0 Å². The Labute approximate surface area is 117 Å². The number of aromatic amines is 1. The minimum absolute atomic E-state index is 0.117. The number of hydrogen-bond donors (Lipinski definition) is 2. The standard InChI is InChI=1S/C14H20N2O4/c1-9(17)10-7-11(15-8-10)13(20)16(14(2,3)4)6-5-12(18)19/h7-8,15H,5-6H2,1-4H3,(H,18,19). The highest BCUT2D eigenvalue weighted by atomic mass is 16.4. The Hall–Kier alpha value is -2.11. The van der Waals surface area contributed by atoms with Gasteiger partial charge in [-0.3, -0.25) is 14.4 Å². The summed E-state index contributed by atoms with van der Waals surface area (Å²) in [7, 11) is 0. The van der Waals surface area contributed by atoms with Crippen molar-refractivity contribution in [2.45, 2.75) is 39.7 Å².